The number of aliphatic carboxylic acids is 1. The van der Waals surface area contributed by atoms with E-state index in [1.165, 1.54) is 0 Å². The van der Waals surface area contributed by atoms with Gasteiger partial charge in [0.25, 0.3) is 0 Å². The molecule has 98 valence electrons. The highest BCUT2D eigenvalue weighted by Crippen LogP contribution is 2.29. The van der Waals surface area contributed by atoms with E-state index in [-0.39, 0.29) is 19.0 Å². The largest absolute Gasteiger partial charge is 0.479 e. The Morgan fingerprint density at radius 1 is 1.41 bits per heavy atom. The van der Waals surface area contributed by atoms with E-state index in [2.05, 4.69) is 5.32 Å². The molecule has 7 nitrogen and oxygen atoms in total. The second-order valence-electron chi connectivity index (χ2n) is 4.16. The third-order valence-electron chi connectivity index (χ3n) is 3.06. The SMILES string of the molecule is NCC1(C(=O)NCC(O)C(=O)O)CCOCC1. The molecule has 0 radical (unpaired) electrons. The molecule has 5 N–H and O–H groups in total. The minimum absolute atomic E-state index is 0.186. The van der Waals surface area contributed by atoms with E-state index >= 15 is 0 Å². The number of nitrogens with two attached hydrogens (primary N) is 1. The zero-order chi connectivity index (χ0) is 12.9. The summed E-state index contributed by atoms with van der Waals surface area (Å²) in [7, 11) is 0. The lowest BCUT2D eigenvalue weighted by molar-refractivity contribution is -0.147. The van der Waals surface area contributed by atoms with Crippen molar-refractivity contribution in [2.45, 2.75) is 18.9 Å². The molecule has 0 bridgehead atoms. The topological polar surface area (TPSA) is 122 Å². The Morgan fingerprint density at radius 2 is 2.00 bits per heavy atom. The predicted molar refractivity (Wildman–Crippen MR) is 58.2 cm³/mol. The van der Waals surface area contributed by atoms with E-state index in [0.717, 1.165) is 0 Å². The van der Waals surface area contributed by atoms with E-state index in [1.807, 2.05) is 0 Å². The van der Waals surface area contributed by atoms with Crippen molar-refractivity contribution in [2.75, 3.05) is 26.3 Å². The first-order valence-electron chi connectivity index (χ1n) is 5.49. The average molecular weight is 246 g/mol. The maximum atomic E-state index is 11.9. The molecule has 1 fully saturated rings. The molecule has 1 heterocycles. The maximum absolute atomic E-state index is 11.9. The second kappa shape index (κ2) is 5.95. The third kappa shape index (κ3) is 3.39. The van der Waals surface area contributed by atoms with Crippen LogP contribution in [0.4, 0.5) is 0 Å². The number of carboxylic acids is 1. The fraction of sp³-hybridized carbons (Fsp3) is 0.800. The van der Waals surface area contributed by atoms with Gasteiger partial charge in [0.2, 0.25) is 5.91 Å². The van der Waals surface area contributed by atoms with E-state index in [1.54, 1.807) is 0 Å². The maximum Gasteiger partial charge on any atom is 0.334 e. The van der Waals surface area contributed by atoms with Gasteiger partial charge in [-0.1, -0.05) is 0 Å². The molecule has 7 heteroatoms. The summed E-state index contributed by atoms with van der Waals surface area (Å²) in [5.41, 5.74) is 4.91. The van der Waals surface area contributed by atoms with Gasteiger partial charge >= 0.3 is 5.97 Å². The quantitative estimate of drug-likeness (QED) is 0.459. The summed E-state index contributed by atoms with van der Waals surface area (Å²) in [5.74, 6) is -1.68. The van der Waals surface area contributed by atoms with Gasteiger partial charge in [-0.25, -0.2) is 4.79 Å². The van der Waals surface area contributed by atoms with Gasteiger partial charge in [-0.2, -0.15) is 0 Å². The number of rotatable bonds is 5. The molecule has 0 aromatic rings. The van der Waals surface area contributed by atoms with Gasteiger partial charge in [0.1, 0.15) is 0 Å². The predicted octanol–water partition coefficient (Wildman–Crippen LogP) is -1.70. The number of hydrogen-bond donors (Lipinski definition) is 4. The normalized spacial score (nSPS) is 20.6. The number of aliphatic hydroxyl groups is 1. The number of ether oxygens (including phenoxy) is 1. The fourth-order valence-electron chi connectivity index (χ4n) is 1.75. The molecule has 1 saturated heterocycles. The summed E-state index contributed by atoms with van der Waals surface area (Å²) in [5, 5.41) is 20.0. The van der Waals surface area contributed by atoms with Gasteiger partial charge < -0.3 is 26.0 Å². The molecule has 1 rings (SSSR count). The van der Waals surface area contributed by atoms with Crippen molar-refractivity contribution in [3.05, 3.63) is 0 Å². The zero-order valence-electron chi connectivity index (χ0n) is 9.52. The van der Waals surface area contributed by atoms with E-state index in [0.29, 0.717) is 26.1 Å². The standard InChI is InChI=1S/C10H18N2O5/c11-6-10(1-3-17-4-2-10)9(16)12-5-7(13)8(14)15/h7,13H,1-6,11H2,(H,12,16)(H,14,15). The number of aliphatic hydroxyl groups excluding tert-OH is 1. The fourth-order valence-corrected chi connectivity index (χ4v) is 1.75. The lowest BCUT2D eigenvalue weighted by atomic mass is 9.79. The van der Waals surface area contributed by atoms with Crippen LogP contribution in [0.3, 0.4) is 0 Å². The highest BCUT2D eigenvalue weighted by Gasteiger charge is 2.38. The van der Waals surface area contributed by atoms with Crippen LogP contribution < -0.4 is 11.1 Å². The van der Waals surface area contributed by atoms with Crippen LogP contribution in [0.5, 0.6) is 0 Å². The molecule has 0 spiro atoms. The van der Waals surface area contributed by atoms with E-state index in [9.17, 15) is 9.59 Å². The van der Waals surface area contributed by atoms with Gasteiger partial charge in [-0.3, -0.25) is 4.79 Å². The Bertz CT molecular complexity index is 288. The minimum atomic E-state index is -1.59. The number of carbonyl (C=O) groups excluding carboxylic acids is 1. The molecule has 0 aliphatic carbocycles. The Hall–Kier alpha value is -1.18. The summed E-state index contributed by atoms with van der Waals surface area (Å²) in [6.07, 6.45) is -0.564. The molecular formula is C10H18N2O5. The molecule has 1 aliphatic rings. The van der Waals surface area contributed by atoms with E-state index in [4.69, 9.17) is 20.7 Å². The van der Waals surface area contributed by atoms with Gasteiger partial charge in [0.05, 0.1) is 12.0 Å². The number of amides is 1. The molecular weight excluding hydrogens is 228 g/mol. The Kier molecular flexibility index (Phi) is 4.86. The van der Waals surface area contributed by atoms with Crippen molar-refractivity contribution in [3.8, 4) is 0 Å². The first kappa shape index (κ1) is 13.9. The number of carboxylic acid groups (broad SMARTS) is 1. The minimum Gasteiger partial charge on any atom is -0.479 e. The third-order valence-corrected chi connectivity index (χ3v) is 3.06. The van der Waals surface area contributed by atoms with Crippen molar-refractivity contribution >= 4 is 11.9 Å². The van der Waals surface area contributed by atoms with Gasteiger partial charge in [0, 0.05) is 19.8 Å². The smallest absolute Gasteiger partial charge is 0.334 e. The molecule has 1 amide bonds. The van der Waals surface area contributed by atoms with Gasteiger partial charge in [0.15, 0.2) is 6.10 Å². The Labute approximate surface area is 98.9 Å². The number of carbonyl (C=O) groups is 2. The van der Waals surface area contributed by atoms with Crippen molar-refractivity contribution in [3.63, 3.8) is 0 Å². The second-order valence-corrected chi connectivity index (χ2v) is 4.16. The highest BCUT2D eigenvalue weighted by molar-refractivity contribution is 5.83. The van der Waals surface area contributed by atoms with Crippen LogP contribution in [-0.2, 0) is 14.3 Å². The molecule has 1 atom stereocenters. The highest BCUT2D eigenvalue weighted by atomic mass is 16.5. The van der Waals surface area contributed by atoms with E-state index < -0.39 is 17.5 Å². The van der Waals surface area contributed by atoms with Gasteiger partial charge in [-0.15, -0.1) is 0 Å². The molecule has 1 aliphatic heterocycles. The number of hydrogen-bond acceptors (Lipinski definition) is 5. The van der Waals surface area contributed by atoms with Crippen LogP contribution in [0.1, 0.15) is 12.8 Å². The lowest BCUT2D eigenvalue weighted by Crippen LogP contribution is -2.51. The molecule has 1 unspecified atom stereocenters. The first-order valence-corrected chi connectivity index (χ1v) is 5.49. The van der Waals surface area contributed by atoms with Crippen molar-refractivity contribution in [2.24, 2.45) is 11.1 Å². The molecule has 0 aromatic heterocycles. The molecule has 0 aromatic carbocycles. The molecule has 17 heavy (non-hydrogen) atoms. The van der Waals surface area contributed by atoms with Gasteiger partial charge in [-0.05, 0) is 12.8 Å². The Balaban J connectivity index is 2.52. The van der Waals surface area contributed by atoms with Crippen LogP contribution >= 0.6 is 0 Å². The Morgan fingerprint density at radius 3 is 2.47 bits per heavy atom. The average Bonchev–Trinajstić information content (AvgIpc) is 2.36. The van der Waals surface area contributed by atoms with Crippen molar-refractivity contribution < 1.29 is 24.5 Å². The van der Waals surface area contributed by atoms with Crippen LogP contribution in [0.2, 0.25) is 0 Å². The summed E-state index contributed by atoms with van der Waals surface area (Å²) >= 11 is 0. The summed E-state index contributed by atoms with van der Waals surface area (Å²) in [4.78, 5) is 22.3. The monoisotopic (exact) mass is 246 g/mol. The number of nitrogens with one attached hydrogen (secondary N) is 1. The summed E-state index contributed by atoms with van der Waals surface area (Å²) in [6, 6.07) is 0. The lowest BCUT2D eigenvalue weighted by Gasteiger charge is -2.34. The molecule has 0 saturated carbocycles. The van der Waals surface area contributed by atoms with Crippen LogP contribution in [0.25, 0.3) is 0 Å². The van der Waals surface area contributed by atoms with Crippen molar-refractivity contribution in [1.82, 2.24) is 5.32 Å². The first-order chi connectivity index (χ1) is 8.02. The van der Waals surface area contributed by atoms with Crippen LogP contribution in [-0.4, -0.2) is 54.5 Å². The summed E-state index contributed by atoms with van der Waals surface area (Å²) in [6.45, 7) is 0.806. The zero-order valence-corrected chi connectivity index (χ0v) is 9.52. The summed E-state index contributed by atoms with van der Waals surface area (Å²) < 4.78 is 5.16. The van der Waals surface area contributed by atoms with Crippen LogP contribution in [0.15, 0.2) is 0 Å². The van der Waals surface area contributed by atoms with Crippen LogP contribution in [0, 0.1) is 5.41 Å². The van der Waals surface area contributed by atoms with Crippen molar-refractivity contribution in [1.29, 1.82) is 0 Å².